The SMILES string of the molecule is COC(=O)N1CCN(c2cc(C(C)C)nn3cnnc23)CC1. The monoisotopic (exact) mass is 304 g/mol. The first-order valence-corrected chi connectivity index (χ1v) is 7.39. The number of ether oxygens (including phenoxy) is 1. The zero-order valence-electron chi connectivity index (χ0n) is 13.1. The van der Waals surface area contributed by atoms with Gasteiger partial charge in [-0.3, -0.25) is 0 Å². The van der Waals surface area contributed by atoms with Crippen LogP contribution in [0.2, 0.25) is 0 Å². The van der Waals surface area contributed by atoms with Crippen molar-refractivity contribution in [2.45, 2.75) is 19.8 Å². The number of piperazine rings is 1. The van der Waals surface area contributed by atoms with Gasteiger partial charge in [0.15, 0.2) is 0 Å². The summed E-state index contributed by atoms with van der Waals surface area (Å²) in [6, 6.07) is 2.07. The highest BCUT2D eigenvalue weighted by molar-refractivity contribution is 5.70. The Morgan fingerprint density at radius 1 is 1.27 bits per heavy atom. The number of amides is 1. The lowest BCUT2D eigenvalue weighted by atomic mass is 10.1. The standard InChI is InChI=1S/C14H20N6O2/c1-10(2)11-8-12(13-16-15-9-20(13)17-11)18-4-6-19(7-5-18)14(21)22-3/h8-10H,4-7H2,1-3H3. The number of carbonyl (C=O) groups excluding carboxylic acids is 1. The lowest BCUT2D eigenvalue weighted by Gasteiger charge is -2.35. The highest BCUT2D eigenvalue weighted by Crippen LogP contribution is 2.24. The molecule has 1 amide bonds. The van der Waals surface area contributed by atoms with Crippen LogP contribution in [0.3, 0.4) is 0 Å². The van der Waals surface area contributed by atoms with E-state index in [-0.39, 0.29) is 6.09 Å². The number of rotatable bonds is 2. The molecule has 3 rings (SSSR count). The van der Waals surface area contributed by atoms with Gasteiger partial charge in [-0.05, 0) is 12.0 Å². The first-order valence-electron chi connectivity index (χ1n) is 7.39. The van der Waals surface area contributed by atoms with Gasteiger partial charge in [0.1, 0.15) is 6.33 Å². The third-order valence-corrected chi connectivity index (χ3v) is 3.91. The third-order valence-electron chi connectivity index (χ3n) is 3.91. The summed E-state index contributed by atoms with van der Waals surface area (Å²) in [5, 5.41) is 12.6. The summed E-state index contributed by atoms with van der Waals surface area (Å²) in [4.78, 5) is 15.5. The molecule has 0 aromatic carbocycles. The highest BCUT2D eigenvalue weighted by atomic mass is 16.5. The molecule has 2 aromatic heterocycles. The summed E-state index contributed by atoms with van der Waals surface area (Å²) in [6.07, 6.45) is 1.35. The van der Waals surface area contributed by atoms with Gasteiger partial charge in [0.2, 0.25) is 5.65 Å². The number of carbonyl (C=O) groups is 1. The smallest absolute Gasteiger partial charge is 0.409 e. The van der Waals surface area contributed by atoms with E-state index in [1.807, 2.05) is 0 Å². The summed E-state index contributed by atoms with van der Waals surface area (Å²) in [7, 11) is 1.41. The summed E-state index contributed by atoms with van der Waals surface area (Å²) < 4.78 is 6.49. The van der Waals surface area contributed by atoms with Crippen LogP contribution >= 0.6 is 0 Å². The molecule has 0 saturated carbocycles. The van der Waals surface area contributed by atoms with Crippen LogP contribution < -0.4 is 4.90 Å². The van der Waals surface area contributed by atoms with Crippen molar-refractivity contribution in [3.8, 4) is 0 Å². The minimum absolute atomic E-state index is 0.273. The number of nitrogens with zero attached hydrogens (tertiary/aromatic N) is 6. The number of anilines is 1. The second-order valence-corrected chi connectivity index (χ2v) is 5.65. The molecule has 0 radical (unpaired) electrons. The molecule has 0 aliphatic carbocycles. The van der Waals surface area contributed by atoms with E-state index in [0.717, 1.165) is 30.1 Å². The lowest BCUT2D eigenvalue weighted by Crippen LogP contribution is -2.49. The molecule has 8 nitrogen and oxygen atoms in total. The molecule has 2 aromatic rings. The molecule has 3 heterocycles. The number of fused-ring (bicyclic) bond motifs is 1. The van der Waals surface area contributed by atoms with E-state index in [0.29, 0.717) is 19.0 Å². The summed E-state index contributed by atoms with van der Waals surface area (Å²) in [6.45, 7) is 6.95. The largest absolute Gasteiger partial charge is 0.453 e. The molecule has 0 bridgehead atoms. The predicted molar refractivity (Wildman–Crippen MR) is 81.1 cm³/mol. The average molecular weight is 304 g/mol. The van der Waals surface area contributed by atoms with Gasteiger partial charge in [-0.2, -0.15) is 9.61 Å². The fraction of sp³-hybridized carbons (Fsp3) is 0.571. The van der Waals surface area contributed by atoms with Crippen LogP contribution in [0.4, 0.5) is 10.5 Å². The van der Waals surface area contributed by atoms with Crippen molar-refractivity contribution in [1.29, 1.82) is 0 Å². The molecule has 0 N–H and O–H groups in total. The highest BCUT2D eigenvalue weighted by Gasteiger charge is 2.24. The average Bonchev–Trinajstić information content (AvgIpc) is 3.01. The fourth-order valence-corrected chi connectivity index (χ4v) is 2.60. The second kappa shape index (κ2) is 5.78. The molecule has 8 heteroatoms. The van der Waals surface area contributed by atoms with Crippen LogP contribution in [0.25, 0.3) is 5.65 Å². The molecular formula is C14H20N6O2. The van der Waals surface area contributed by atoms with Crippen LogP contribution in [0, 0.1) is 0 Å². The van der Waals surface area contributed by atoms with E-state index in [2.05, 4.69) is 40.1 Å². The van der Waals surface area contributed by atoms with E-state index >= 15 is 0 Å². The van der Waals surface area contributed by atoms with Gasteiger partial charge in [-0.1, -0.05) is 13.8 Å². The molecule has 0 unspecified atom stereocenters. The van der Waals surface area contributed by atoms with Gasteiger partial charge in [0.25, 0.3) is 0 Å². The molecule has 22 heavy (non-hydrogen) atoms. The fourth-order valence-electron chi connectivity index (χ4n) is 2.60. The Balaban J connectivity index is 1.87. The molecule has 0 spiro atoms. The number of hydrogen-bond acceptors (Lipinski definition) is 6. The summed E-state index contributed by atoms with van der Waals surface area (Å²) >= 11 is 0. The van der Waals surface area contributed by atoms with Gasteiger partial charge < -0.3 is 14.5 Å². The minimum atomic E-state index is -0.273. The van der Waals surface area contributed by atoms with Crippen molar-refractivity contribution in [3.63, 3.8) is 0 Å². The van der Waals surface area contributed by atoms with Crippen LogP contribution in [-0.4, -0.2) is 64.1 Å². The van der Waals surface area contributed by atoms with Crippen molar-refractivity contribution < 1.29 is 9.53 Å². The molecular weight excluding hydrogens is 284 g/mol. The van der Waals surface area contributed by atoms with E-state index in [4.69, 9.17) is 4.74 Å². The van der Waals surface area contributed by atoms with Crippen LogP contribution in [-0.2, 0) is 4.74 Å². The maximum atomic E-state index is 11.6. The topological polar surface area (TPSA) is 75.9 Å². The summed E-state index contributed by atoms with van der Waals surface area (Å²) in [5.74, 6) is 0.321. The second-order valence-electron chi connectivity index (χ2n) is 5.65. The minimum Gasteiger partial charge on any atom is -0.453 e. The van der Waals surface area contributed by atoms with Crippen LogP contribution in [0.5, 0.6) is 0 Å². The first kappa shape index (κ1) is 14.6. The lowest BCUT2D eigenvalue weighted by molar-refractivity contribution is 0.121. The Morgan fingerprint density at radius 3 is 2.64 bits per heavy atom. The van der Waals surface area contributed by atoms with Crippen molar-refractivity contribution in [2.75, 3.05) is 38.2 Å². The van der Waals surface area contributed by atoms with Crippen molar-refractivity contribution in [2.24, 2.45) is 0 Å². The zero-order valence-corrected chi connectivity index (χ0v) is 13.1. The van der Waals surface area contributed by atoms with Gasteiger partial charge in [-0.15, -0.1) is 10.2 Å². The summed E-state index contributed by atoms with van der Waals surface area (Å²) in [5.41, 5.74) is 2.76. The Morgan fingerprint density at radius 2 is 2.00 bits per heavy atom. The Kier molecular flexibility index (Phi) is 3.82. The maximum Gasteiger partial charge on any atom is 0.409 e. The van der Waals surface area contributed by atoms with Crippen molar-refractivity contribution in [3.05, 3.63) is 18.1 Å². The van der Waals surface area contributed by atoms with E-state index in [1.165, 1.54) is 7.11 Å². The van der Waals surface area contributed by atoms with Gasteiger partial charge in [-0.25, -0.2) is 4.79 Å². The van der Waals surface area contributed by atoms with E-state index in [1.54, 1.807) is 15.7 Å². The van der Waals surface area contributed by atoms with Gasteiger partial charge in [0.05, 0.1) is 18.5 Å². The number of aromatic nitrogens is 4. The van der Waals surface area contributed by atoms with E-state index < -0.39 is 0 Å². The first-order chi connectivity index (χ1) is 10.6. The van der Waals surface area contributed by atoms with Crippen molar-refractivity contribution in [1.82, 2.24) is 24.7 Å². The normalized spacial score (nSPS) is 15.6. The van der Waals surface area contributed by atoms with Gasteiger partial charge in [0, 0.05) is 26.2 Å². The maximum absolute atomic E-state index is 11.6. The van der Waals surface area contributed by atoms with Crippen LogP contribution in [0.15, 0.2) is 12.4 Å². The predicted octanol–water partition coefficient (Wildman–Crippen LogP) is 1.14. The Hall–Kier alpha value is -2.38. The number of methoxy groups -OCH3 is 1. The molecule has 0 atom stereocenters. The molecule has 1 aliphatic rings. The third kappa shape index (κ3) is 2.56. The molecule has 1 saturated heterocycles. The van der Waals surface area contributed by atoms with Crippen LogP contribution in [0.1, 0.15) is 25.5 Å². The Bertz CT molecular complexity index is 675. The van der Waals surface area contributed by atoms with Gasteiger partial charge >= 0.3 is 6.09 Å². The molecule has 1 aliphatic heterocycles. The Labute approximate surface area is 128 Å². The molecule has 1 fully saturated rings. The van der Waals surface area contributed by atoms with E-state index in [9.17, 15) is 4.79 Å². The molecule has 118 valence electrons. The number of hydrogen-bond donors (Lipinski definition) is 0. The van der Waals surface area contributed by atoms with Crippen molar-refractivity contribution >= 4 is 17.4 Å². The quantitative estimate of drug-likeness (QED) is 0.828. The zero-order chi connectivity index (χ0) is 15.7.